The number of hydrogen-bond donors (Lipinski definition) is 0. The molecule has 1 aromatic carbocycles. The average Bonchev–Trinajstić information content (AvgIpc) is 2.44. The molecule has 6 heteroatoms. The summed E-state index contributed by atoms with van der Waals surface area (Å²) >= 11 is 3.32. The molecule has 0 N–H and O–H groups in total. The van der Waals surface area contributed by atoms with Gasteiger partial charge in [-0.2, -0.15) is 4.31 Å². The van der Waals surface area contributed by atoms with Crippen molar-refractivity contribution < 1.29 is 8.42 Å². The highest BCUT2D eigenvalue weighted by Crippen LogP contribution is 2.24. The summed E-state index contributed by atoms with van der Waals surface area (Å²) in [6, 6.07) is 6.95. The first-order valence-corrected chi connectivity index (χ1v) is 9.17. The Morgan fingerprint density at radius 1 is 1.00 bits per heavy atom. The molecule has 4 nitrogen and oxygen atoms in total. The molecule has 0 bridgehead atoms. The first kappa shape index (κ1) is 17.6. The maximum Gasteiger partial charge on any atom is 0.244 e. The lowest BCUT2D eigenvalue weighted by Gasteiger charge is -2.25. The van der Waals surface area contributed by atoms with E-state index in [0.717, 1.165) is 19.6 Å². The van der Waals surface area contributed by atoms with E-state index in [2.05, 4.69) is 34.7 Å². The quantitative estimate of drug-likeness (QED) is 0.713. The number of halogens is 1. The van der Waals surface area contributed by atoms with Crippen molar-refractivity contribution >= 4 is 26.0 Å². The minimum Gasteiger partial charge on any atom is -0.303 e. The van der Waals surface area contributed by atoms with Gasteiger partial charge >= 0.3 is 0 Å². The lowest BCUT2D eigenvalue weighted by atomic mass is 10.4. The van der Waals surface area contributed by atoms with E-state index in [0.29, 0.717) is 22.5 Å². The largest absolute Gasteiger partial charge is 0.303 e. The monoisotopic (exact) mass is 362 g/mol. The molecular weight excluding hydrogens is 340 g/mol. The van der Waals surface area contributed by atoms with Gasteiger partial charge in [-0.05, 0) is 41.2 Å². The molecule has 0 atom stereocenters. The lowest BCUT2D eigenvalue weighted by molar-refractivity contribution is 0.274. The van der Waals surface area contributed by atoms with Crippen molar-refractivity contribution in [2.45, 2.75) is 25.7 Å². The van der Waals surface area contributed by atoms with Crippen LogP contribution in [0.3, 0.4) is 0 Å². The summed E-state index contributed by atoms with van der Waals surface area (Å²) in [4.78, 5) is 2.56. The molecule has 1 aromatic rings. The van der Waals surface area contributed by atoms with Crippen molar-refractivity contribution in [3.63, 3.8) is 0 Å². The maximum absolute atomic E-state index is 12.7. The third-order valence-electron chi connectivity index (χ3n) is 3.37. The van der Waals surface area contributed by atoms with Crippen molar-refractivity contribution in [2.75, 3.05) is 32.7 Å². The number of nitrogens with zero attached hydrogens (tertiary/aromatic N) is 2. The van der Waals surface area contributed by atoms with Crippen LogP contribution in [0.4, 0.5) is 0 Å². The van der Waals surface area contributed by atoms with Crippen LogP contribution >= 0.6 is 15.9 Å². The van der Waals surface area contributed by atoms with Crippen molar-refractivity contribution in [1.29, 1.82) is 0 Å². The molecule has 0 saturated carbocycles. The van der Waals surface area contributed by atoms with Gasteiger partial charge in [0.25, 0.3) is 0 Å². The average molecular weight is 363 g/mol. The Kier molecular flexibility index (Phi) is 7.15. The van der Waals surface area contributed by atoms with Gasteiger partial charge in [0.2, 0.25) is 10.0 Å². The van der Waals surface area contributed by atoms with Crippen molar-refractivity contribution in [2.24, 2.45) is 0 Å². The molecule has 0 spiro atoms. The second-order valence-corrected chi connectivity index (χ2v) is 7.21. The zero-order valence-electron chi connectivity index (χ0n) is 12.3. The predicted octanol–water partition coefficient (Wildman–Crippen LogP) is 2.80. The van der Waals surface area contributed by atoms with Crippen LogP contribution in [0.5, 0.6) is 0 Å². The van der Waals surface area contributed by atoms with E-state index < -0.39 is 10.0 Å². The molecule has 0 heterocycles. The van der Waals surface area contributed by atoms with Crippen LogP contribution < -0.4 is 0 Å². The number of likely N-dealkylation sites (N-methyl/N-ethyl adjacent to an activating group) is 2. The van der Waals surface area contributed by atoms with Gasteiger partial charge in [0.1, 0.15) is 0 Å². The summed E-state index contributed by atoms with van der Waals surface area (Å²) in [5, 5.41) is 0. The SMILES string of the molecule is CCN(CC)CCN(CC)S(=O)(=O)c1ccccc1Br. The summed E-state index contributed by atoms with van der Waals surface area (Å²) in [7, 11) is -3.43. The van der Waals surface area contributed by atoms with E-state index in [1.165, 1.54) is 4.31 Å². The minimum atomic E-state index is -3.43. The fraction of sp³-hybridized carbons (Fsp3) is 0.571. The summed E-state index contributed by atoms with van der Waals surface area (Å²) in [5.41, 5.74) is 0. The molecule has 0 aromatic heterocycles. The Labute approximate surface area is 130 Å². The van der Waals surface area contributed by atoms with E-state index in [1.807, 2.05) is 13.0 Å². The first-order valence-electron chi connectivity index (χ1n) is 6.94. The molecule has 0 fully saturated rings. The van der Waals surface area contributed by atoms with Gasteiger partial charge in [-0.1, -0.05) is 32.9 Å². The normalized spacial score (nSPS) is 12.3. The first-order chi connectivity index (χ1) is 9.47. The van der Waals surface area contributed by atoms with Gasteiger partial charge in [0.05, 0.1) is 4.90 Å². The zero-order chi connectivity index (χ0) is 15.2. The topological polar surface area (TPSA) is 40.6 Å². The van der Waals surface area contributed by atoms with Gasteiger partial charge < -0.3 is 4.90 Å². The van der Waals surface area contributed by atoms with Gasteiger partial charge in [-0.3, -0.25) is 0 Å². The number of rotatable bonds is 8. The second-order valence-electron chi connectivity index (χ2n) is 4.45. The lowest BCUT2D eigenvalue weighted by Crippen LogP contribution is -2.38. The maximum atomic E-state index is 12.7. The smallest absolute Gasteiger partial charge is 0.244 e. The van der Waals surface area contributed by atoms with Crippen molar-refractivity contribution in [1.82, 2.24) is 9.21 Å². The molecule has 20 heavy (non-hydrogen) atoms. The highest BCUT2D eigenvalue weighted by molar-refractivity contribution is 9.10. The van der Waals surface area contributed by atoms with E-state index in [9.17, 15) is 8.42 Å². The summed E-state index contributed by atoms with van der Waals surface area (Å²) < 4.78 is 27.4. The summed E-state index contributed by atoms with van der Waals surface area (Å²) in [6.07, 6.45) is 0. The van der Waals surface area contributed by atoms with E-state index in [4.69, 9.17) is 0 Å². The van der Waals surface area contributed by atoms with Crippen LogP contribution in [0, 0.1) is 0 Å². The fourth-order valence-electron chi connectivity index (χ4n) is 2.03. The van der Waals surface area contributed by atoms with E-state index >= 15 is 0 Å². The Morgan fingerprint density at radius 2 is 1.60 bits per heavy atom. The fourth-order valence-corrected chi connectivity index (χ4v) is 4.44. The van der Waals surface area contributed by atoms with E-state index in [1.54, 1.807) is 18.2 Å². The molecule has 0 aliphatic rings. The van der Waals surface area contributed by atoms with Crippen LogP contribution in [0.25, 0.3) is 0 Å². The van der Waals surface area contributed by atoms with Gasteiger partial charge in [0.15, 0.2) is 0 Å². The molecular formula is C14H23BrN2O2S. The van der Waals surface area contributed by atoms with Crippen molar-refractivity contribution in [3.8, 4) is 0 Å². The number of sulfonamides is 1. The van der Waals surface area contributed by atoms with Crippen LogP contribution in [0.1, 0.15) is 20.8 Å². The molecule has 0 unspecified atom stereocenters. The third kappa shape index (κ3) is 4.28. The highest BCUT2D eigenvalue weighted by atomic mass is 79.9. The number of hydrogen-bond acceptors (Lipinski definition) is 3. The van der Waals surface area contributed by atoms with Gasteiger partial charge in [0, 0.05) is 24.1 Å². The Bertz CT molecular complexity index is 516. The molecule has 0 aliphatic carbocycles. The van der Waals surface area contributed by atoms with Gasteiger partial charge in [-0.15, -0.1) is 0 Å². The Balaban J connectivity index is 2.91. The van der Waals surface area contributed by atoms with Crippen LogP contribution in [-0.4, -0.2) is 50.3 Å². The van der Waals surface area contributed by atoms with Crippen LogP contribution in [0.15, 0.2) is 33.6 Å². The second kappa shape index (κ2) is 8.12. The summed E-state index contributed by atoms with van der Waals surface area (Å²) in [6.45, 7) is 9.66. The standard InChI is InChI=1S/C14H23BrN2O2S/c1-4-16(5-2)11-12-17(6-3)20(18,19)14-10-8-7-9-13(14)15/h7-10H,4-6,11-12H2,1-3H3. The summed E-state index contributed by atoms with van der Waals surface area (Å²) in [5.74, 6) is 0. The van der Waals surface area contributed by atoms with Crippen LogP contribution in [0.2, 0.25) is 0 Å². The zero-order valence-corrected chi connectivity index (χ0v) is 14.7. The minimum absolute atomic E-state index is 0.335. The molecule has 0 aliphatic heterocycles. The molecule has 114 valence electrons. The molecule has 0 radical (unpaired) electrons. The van der Waals surface area contributed by atoms with Crippen molar-refractivity contribution in [3.05, 3.63) is 28.7 Å². The van der Waals surface area contributed by atoms with E-state index in [-0.39, 0.29) is 0 Å². The third-order valence-corrected chi connectivity index (χ3v) is 6.35. The predicted molar refractivity (Wildman–Crippen MR) is 86.4 cm³/mol. The Hall–Kier alpha value is -0.430. The van der Waals surface area contributed by atoms with Crippen LogP contribution in [-0.2, 0) is 10.0 Å². The number of benzene rings is 1. The molecule has 0 saturated heterocycles. The Morgan fingerprint density at radius 3 is 2.10 bits per heavy atom. The molecule has 1 rings (SSSR count). The molecule has 0 amide bonds. The highest BCUT2D eigenvalue weighted by Gasteiger charge is 2.25. The van der Waals surface area contributed by atoms with Gasteiger partial charge in [-0.25, -0.2) is 8.42 Å².